The third-order valence-corrected chi connectivity index (χ3v) is 11.6. The van der Waals surface area contributed by atoms with E-state index in [1.54, 1.807) is 30.9 Å². The first-order valence-electron chi connectivity index (χ1n) is 21.5. The Balaban J connectivity index is 0.726. The molecule has 0 aliphatic carbocycles. The highest BCUT2D eigenvalue weighted by Gasteiger charge is 2.31. The minimum Gasteiger partial charge on any atom is -0.424 e. The average Bonchev–Trinajstić information content (AvgIpc) is 3.89. The minimum absolute atomic E-state index is 0.0176. The minimum atomic E-state index is -0.298. The number of rotatable bonds is 15. The molecule has 7 N–H and O–H groups in total. The van der Waals surface area contributed by atoms with Gasteiger partial charge in [0.05, 0.1) is 43.2 Å². The van der Waals surface area contributed by atoms with Crippen LogP contribution in [-0.2, 0) is 35.6 Å². The lowest BCUT2D eigenvalue weighted by atomic mass is 9.97. The molecule has 0 spiro atoms. The van der Waals surface area contributed by atoms with Gasteiger partial charge in [0, 0.05) is 88.3 Å². The van der Waals surface area contributed by atoms with Crippen molar-refractivity contribution in [1.29, 1.82) is 0 Å². The summed E-state index contributed by atoms with van der Waals surface area (Å²) in [5, 5.41) is 8.44. The number of nitrogens with two attached hydrogens (primary N) is 3. The number of aromatic nitrogens is 9. The lowest BCUT2D eigenvalue weighted by Crippen LogP contribution is -2.57. The van der Waals surface area contributed by atoms with Gasteiger partial charge in [0.2, 0.25) is 17.8 Å². The van der Waals surface area contributed by atoms with E-state index in [0.717, 1.165) is 35.2 Å². The molecule has 1 saturated heterocycles. The van der Waals surface area contributed by atoms with E-state index < -0.39 is 0 Å². The maximum atomic E-state index is 13.2. The fraction of sp³-hybridized carbons (Fsp3) is 0.364. The molecule has 0 unspecified atom stereocenters. The number of carbonyl (C=O) groups excluding carboxylic acids is 2. The summed E-state index contributed by atoms with van der Waals surface area (Å²) < 4.78 is 13.0. The van der Waals surface area contributed by atoms with Gasteiger partial charge >= 0.3 is 0 Å². The number of ether oxygens (including phenoxy) is 1. The fourth-order valence-corrected chi connectivity index (χ4v) is 8.37. The van der Waals surface area contributed by atoms with Gasteiger partial charge in [-0.2, -0.15) is 10.1 Å². The van der Waals surface area contributed by atoms with Gasteiger partial charge in [0.1, 0.15) is 23.4 Å². The van der Waals surface area contributed by atoms with Gasteiger partial charge in [-0.1, -0.05) is 18.2 Å². The summed E-state index contributed by atoms with van der Waals surface area (Å²) in [6, 6.07) is 12.0. The molecule has 21 heteroatoms. The maximum Gasteiger partial charge on any atom is 0.292 e. The second kappa shape index (κ2) is 18.8. The van der Waals surface area contributed by atoms with E-state index in [9.17, 15) is 9.59 Å². The number of anilines is 4. The quantitative estimate of drug-likeness (QED) is 0.107. The van der Waals surface area contributed by atoms with Crippen LogP contribution in [0.4, 0.5) is 23.7 Å². The smallest absolute Gasteiger partial charge is 0.292 e. The first-order valence-corrected chi connectivity index (χ1v) is 21.5. The maximum absolute atomic E-state index is 13.2. The van der Waals surface area contributed by atoms with Crippen LogP contribution in [0, 0.1) is 0 Å². The molecule has 2 aliphatic heterocycles. The van der Waals surface area contributed by atoms with Crippen LogP contribution in [0.5, 0.6) is 0 Å². The van der Waals surface area contributed by atoms with Crippen LogP contribution in [0.3, 0.4) is 0 Å². The highest BCUT2D eigenvalue weighted by atomic mass is 16.5. The number of benzene rings is 2. The summed E-state index contributed by atoms with van der Waals surface area (Å²) in [4.78, 5) is 65.6. The number of nitrogen functional groups attached to an aromatic ring is 2. The van der Waals surface area contributed by atoms with Crippen molar-refractivity contribution in [3.8, 4) is 11.3 Å². The van der Waals surface area contributed by atoms with E-state index in [2.05, 4.69) is 73.1 Å². The monoisotopic (exact) mass is 881 g/mol. The van der Waals surface area contributed by atoms with Gasteiger partial charge in [-0.15, -0.1) is 0 Å². The van der Waals surface area contributed by atoms with E-state index in [1.165, 1.54) is 11.9 Å². The van der Waals surface area contributed by atoms with Crippen molar-refractivity contribution < 1.29 is 18.7 Å². The van der Waals surface area contributed by atoms with Crippen LogP contribution in [-0.4, -0.2) is 139 Å². The van der Waals surface area contributed by atoms with Crippen LogP contribution < -0.4 is 32.3 Å². The Kier molecular flexibility index (Phi) is 12.4. The number of fused-ring (bicyclic) bond motifs is 3. The van der Waals surface area contributed by atoms with Crippen LogP contribution in [0.1, 0.15) is 39.0 Å². The van der Waals surface area contributed by atoms with E-state index in [1.807, 2.05) is 35.8 Å². The summed E-state index contributed by atoms with van der Waals surface area (Å²) in [5.74, 6) is 1.28. The summed E-state index contributed by atoms with van der Waals surface area (Å²) in [5.41, 5.74) is 25.6. The zero-order valence-corrected chi connectivity index (χ0v) is 36.3. The lowest BCUT2D eigenvalue weighted by Gasteiger charge is -2.42. The van der Waals surface area contributed by atoms with Gasteiger partial charge in [0.25, 0.3) is 11.9 Å². The molecule has 0 bridgehead atoms. The number of carbonyl (C=O) groups is 2. The zero-order chi connectivity index (χ0) is 45.0. The molecule has 336 valence electrons. The molecule has 7 heterocycles. The van der Waals surface area contributed by atoms with Crippen molar-refractivity contribution in [2.24, 2.45) is 5.73 Å². The SMILES string of the molecule is CN(C)C[C@@H]1CN(c2ncc(CN)cn2)CCN1c1ncc(C(=O)NCCOCCC(=O)N2CCc3cc(Cn4nc(-c5ccc6oc(N)nc6c5)c5c(N)ncnc54)ccc3C2)cn1. The molecule has 65 heavy (non-hydrogen) atoms. The van der Waals surface area contributed by atoms with E-state index in [-0.39, 0.29) is 50.1 Å². The van der Waals surface area contributed by atoms with Crippen molar-refractivity contribution >= 4 is 57.7 Å². The second-order valence-electron chi connectivity index (χ2n) is 16.4. The molecule has 2 aliphatic rings. The topological polar surface area (TPSA) is 268 Å². The van der Waals surface area contributed by atoms with Crippen LogP contribution in [0.2, 0.25) is 0 Å². The van der Waals surface area contributed by atoms with Crippen molar-refractivity contribution in [2.45, 2.75) is 38.5 Å². The highest BCUT2D eigenvalue weighted by molar-refractivity contribution is 5.99. The number of nitrogens with zero attached hydrogens (tertiary/aromatic N) is 13. The number of nitrogens with one attached hydrogen (secondary N) is 1. The Morgan fingerprint density at radius 3 is 2.52 bits per heavy atom. The van der Waals surface area contributed by atoms with Gasteiger partial charge in [-0.05, 0) is 55.4 Å². The number of hydrogen-bond acceptors (Lipinski definition) is 18. The van der Waals surface area contributed by atoms with Crippen LogP contribution in [0.25, 0.3) is 33.4 Å². The molecule has 21 nitrogen and oxygen atoms in total. The first-order chi connectivity index (χ1) is 31.6. The fourth-order valence-electron chi connectivity index (χ4n) is 8.37. The zero-order valence-electron chi connectivity index (χ0n) is 36.3. The molecule has 0 radical (unpaired) electrons. The largest absolute Gasteiger partial charge is 0.424 e. The van der Waals surface area contributed by atoms with Crippen molar-refractivity contribution in [3.63, 3.8) is 0 Å². The molecule has 1 fully saturated rings. The predicted octanol–water partition coefficient (Wildman–Crippen LogP) is 1.86. The third kappa shape index (κ3) is 9.47. The van der Waals surface area contributed by atoms with E-state index in [4.69, 9.17) is 31.5 Å². The molecule has 2 amide bonds. The Morgan fingerprint density at radius 2 is 1.72 bits per heavy atom. The number of piperazine rings is 1. The normalized spacial score (nSPS) is 15.3. The molecule has 2 aromatic carbocycles. The number of oxazole rings is 1. The summed E-state index contributed by atoms with van der Waals surface area (Å²) in [7, 11) is 4.06. The van der Waals surface area contributed by atoms with Crippen molar-refractivity contribution in [3.05, 3.63) is 95.3 Å². The Labute approximate surface area is 374 Å². The first kappa shape index (κ1) is 42.9. The highest BCUT2D eigenvalue weighted by Crippen LogP contribution is 2.33. The van der Waals surface area contributed by atoms with E-state index in [0.29, 0.717) is 96.9 Å². The Hall–Kier alpha value is -7.36. The molecule has 5 aromatic heterocycles. The second-order valence-corrected chi connectivity index (χ2v) is 16.4. The predicted molar refractivity (Wildman–Crippen MR) is 243 cm³/mol. The third-order valence-electron chi connectivity index (χ3n) is 11.6. The number of amides is 2. The molecule has 7 aromatic rings. The van der Waals surface area contributed by atoms with Crippen molar-refractivity contribution in [2.75, 3.05) is 87.8 Å². The van der Waals surface area contributed by atoms with Crippen LogP contribution in [0.15, 0.2) is 71.9 Å². The number of hydrogen-bond donors (Lipinski definition) is 4. The van der Waals surface area contributed by atoms with Crippen LogP contribution >= 0.6 is 0 Å². The molecular weight excluding hydrogens is 831 g/mol. The van der Waals surface area contributed by atoms with E-state index >= 15 is 0 Å². The Bertz CT molecular complexity index is 2810. The molecule has 1 atom stereocenters. The molecular formula is C44H51N17O4. The molecule has 9 rings (SSSR count). The average molecular weight is 882 g/mol. The number of likely N-dealkylation sites (N-methyl/N-ethyl adjacent to an activating group) is 1. The van der Waals surface area contributed by atoms with Gasteiger partial charge in [-0.3, -0.25) is 9.59 Å². The summed E-state index contributed by atoms with van der Waals surface area (Å²) in [6.07, 6.45) is 9.02. The summed E-state index contributed by atoms with van der Waals surface area (Å²) in [6.45, 7) is 5.58. The van der Waals surface area contributed by atoms with Gasteiger partial charge in [-0.25, -0.2) is 34.6 Å². The standard InChI is InChI=1S/C44H51N17O4/c1-57(2)24-33-25-59(43-49-18-28(17-45)19-50-43)11-12-60(33)44-51-20-32(21-52-44)41(63)48-9-14-64-13-8-36(62)58-10-7-29-15-27(3-4-31(29)23-58)22-61-40-37(39(46)53-26-54-40)38(56-61)30-5-6-35-34(16-30)55-42(47)65-35/h3-6,15-16,18-21,26,33H,7-14,17,22-25,45H2,1-2H3,(H2,47,55)(H,48,63)(H2,46,53,54)/t33-/m1/s1. The Morgan fingerprint density at radius 1 is 0.908 bits per heavy atom. The summed E-state index contributed by atoms with van der Waals surface area (Å²) >= 11 is 0. The molecule has 0 saturated carbocycles. The van der Waals surface area contributed by atoms with Gasteiger partial charge in [0.15, 0.2) is 11.2 Å². The van der Waals surface area contributed by atoms with Crippen molar-refractivity contribution in [1.82, 2.24) is 59.8 Å². The van der Waals surface area contributed by atoms with Gasteiger partial charge < -0.3 is 51.3 Å². The lowest BCUT2D eigenvalue weighted by molar-refractivity contribution is -0.133.